The van der Waals surface area contributed by atoms with E-state index in [4.69, 9.17) is 4.74 Å². The van der Waals surface area contributed by atoms with Crippen LogP contribution in [0.2, 0.25) is 0 Å². The molecule has 1 fully saturated rings. The van der Waals surface area contributed by atoms with Crippen molar-refractivity contribution in [3.63, 3.8) is 0 Å². The maximum atomic E-state index is 12.8. The van der Waals surface area contributed by atoms with Gasteiger partial charge in [0.05, 0.1) is 12.6 Å². The first kappa shape index (κ1) is 20.2. The Balaban J connectivity index is 2.14. The van der Waals surface area contributed by atoms with E-state index in [1.165, 1.54) is 4.90 Å². The van der Waals surface area contributed by atoms with Crippen LogP contribution in [0.25, 0.3) is 0 Å². The molecule has 142 valence electrons. The van der Waals surface area contributed by atoms with Crippen LogP contribution in [-0.4, -0.2) is 59.0 Å². The van der Waals surface area contributed by atoms with Gasteiger partial charge in [0, 0.05) is 19.6 Å². The van der Waals surface area contributed by atoms with Crippen LogP contribution >= 0.6 is 27.3 Å². The standard InChI is InChI=1S/C14H19BrF3N3O3S/c1-13(2,3)24-12(23)21-5-4-20(6-8(21)7-22)10-9(15)19-11(25-10)14(16,17)18/h8,22H,4-7H2,1-3H3/t8-/m0/s1. The molecule has 1 aromatic rings. The highest BCUT2D eigenvalue weighted by Crippen LogP contribution is 2.41. The zero-order valence-electron chi connectivity index (χ0n) is 13.9. The Labute approximate surface area is 155 Å². The van der Waals surface area contributed by atoms with Gasteiger partial charge in [-0.2, -0.15) is 13.2 Å². The van der Waals surface area contributed by atoms with Crippen LogP contribution in [0.4, 0.5) is 23.0 Å². The fraction of sp³-hybridized carbons (Fsp3) is 0.714. The summed E-state index contributed by atoms with van der Waals surface area (Å²) >= 11 is 3.59. The summed E-state index contributed by atoms with van der Waals surface area (Å²) in [5, 5.41) is 8.99. The number of halogens is 4. The summed E-state index contributed by atoms with van der Waals surface area (Å²) in [6.45, 7) is 5.62. The number of piperazine rings is 1. The Morgan fingerprint density at radius 1 is 1.40 bits per heavy atom. The lowest BCUT2D eigenvalue weighted by Gasteiger charge is -2.41. The largest absolute Gasteiger partial charge is 0.444 e. The minimum atomic E-state index is -4.51. The van der Waals surface area contributed by atoms with Crippen molar-refractivity contribution in [1.29, 1.82) is 0 Å². The Hall–Kier alpha value is -1.07. The fourth-order valence-electron chi connectivity index (χ4n) is 2.37. The summed E-state index contributed by atoms with van der Waals surface area (Å²) in [6.07, 6.45) is -5.06. The highest BCUT2D eigenvalue weighted by Gasteiger charge is 2.38. The first-order valence-corrected chi connectivity index (χ1v) is 9.12. The molecule has 0 saturated carbocycles. The minimum absolute atomic E-state index is 0.104. The number of aliphatic hydroxyl groups excluding tert-OH is 1. The number of carbonyl (C=O) groups is 1. The van der Waals surface area contributed by atoms with E-state index in [0.29, 0.717) is 22.9 Å². The van der Waals surface area contributed by atoms with E-state index in [1.807, 2.05) is 0 Å². The van der Waals surface area contributed by atoms with Gasteiger partial charge in [-0.3, -0.25) is 4.90 Å². The number of hydrogen-bond acceptors (Lipinski definition) is 6. The number of alkyl halides is 3. The number of aliphatic hydroxyl groups is 1. The molecule has 1 amide bonds. The van der Waals surface area contributed by atoms with Crippen molar-refractivity contribution in [3.05, 3.63) is 9.61 Å². The summed E-state index contributed by atoms with van der Waals surface area (Å²) in [5.41, 5.74) is -0.670. The van der Waals surface area contributed by atoms with Crippen LogP contribution in [0, 0.1) is 0 Å². The topological polar surface area (TPSA) is 65.9 Å². The number of hydrogen-bond donors (Lipinski definition) is 1. The van der Waals surface area contributed by atoms with Crippen LogP contribution in [0.3, 0.4) is 0 Å². The molecule has 1 aliphatic heterocycles. The molecule has 0 aliphatic carbocycles. The van der Waals surface area contributed by atoms with Crippen LogP contribution in [0.5, 0.6) is 0 Å². The summed E-state index contributed by atoms with van der Waals surface area (Å²) in [5.74, 6) is 0. The molecule has 2 rings (SSSR count). The Bertz CT molecular complexity index is 633. The molecule has 6 nitrogen and oxygen atoms in total. The quantitative estimate of drug-likeness (QED) is 0.755. The lowest BCUT2D eigenvalue weighted by molar-refractivity contribution is -0.137. The summed E-state index contributed by atoms with van der Waals surface area (Å²) in [7, 11) is 0. The molecule has 1 saturated heterocycles. The summed E-state index contributed by atoms with van der Waals surface area (Å²) < 4.78 is 43.9. The molecule has 0 radical (unpaired) electrons. The normalized spacial score (nSPS) is 19.3. The maximum absolute atomic E-state index is 12.8. The first-order valence-electron chi connectivity index (χ1n) is 7.51. The van der Waals surface area contributed by atoms with E-state index in [9.17, 15) is 23.1 Å². The van der Waals surface area contributed by atoms with Crippen LogP contribution in [0.15, 0.2) is 4.60 Å². The highest BCUT2D eigenvalue weighted by molar-refractivity contribution is 9.10. The van der Waals surface area contributed by atoms with Gasteiger partial charge in [0.15, 0.2) is 0 Å². The van der Waals surface area contributed by atoms with E-state index >= 15 is 0 Å². The average molecular weight is 446 g/mol. The van der Waals surface area contributed by atoms with Crippen molar-refractivity contribution in [2.24, 2.45) is 0 Å². The van der Waals surface area contributed by atoms with Gasteiger partial charge in [0.2, 0.25) is 5.01 Å². The minimum Gasteiger partial charge on any atom is -0.444 e. The predicted molar refractivity (Wildman–Crippen MR) is 90.8 cm³/mol. The van der Waals surface area contributed by atoms with Crippen molar-refractivity contribution in [1.82, 2.24) is 9.88 Å². The van der Waals surface area contributed by atoms with Gasteiger partial charge in [-0.1, -0.05) is 11.3 Å². The molecule has 0 unspecified atom stereocenters. The average Bonchev–Trinajstić information content (AvgIpc) is 2.87. The molecule has 1 N–H and O–H groups in total. The van der Waals surface area contributed by atoms with E-state index in [2.05, 4.69) is 20.9 Å². The molecule has 0 spiro atoms. The van der Waals surface area contributed by atoms with Crippen LogP contribution in [0.1, 0.15) is 25.8 Å². The number of ether oxygens (including phenoxy) is 1. The predicted octanol–water partition coefficient (Wildman–Crippen LogP) is 3.34. The third kappa shape index (κ3) is 4.98. The molecule has 0 bridgehead atoms. The highest BCUT2D eigenvalue weighted by atomic mass is 79.9. The monoisotopic (exact) mass is 445 g/mol. The van der Waals surface area contributed by atoms with Gasteiger partial charge in [-0.15, -0.1) is 0 Å². The second-order valence-corrected chi connectivity index (χ2v) is 8.30. The van der Waals surface area contributed by atoms with Gasteiger partial charge in [-0.25, -0.2) is 9.78 Å². The number of anilines is 1. The summed E-state index contributed by atoms with van der Waals surface area (Å²) in [4.78, 5) is 18.8. The fourth-order valence-corrected chi connectivity index (χ4v) is 4.02. The lowest BCUT2D eigenvalue weighted by Crippen LogP contribution is -2.57. The van der Waals surface area contributed by atoms with E-state index in [-0.39, 0.29) is 24.3 Å². The van der Waals surface area contributed by atoms with E-state index in [0.717, 1.165) is 0 Å². The molecular weight excluding hydrogens is 427 g/mol. The molecule has 1 aromatic heterocycles. The molecule has 25 heavy (non-hydrogen) atoms. The van der Waals surface area contributed by atoms with Crippen molar-refractivity contribution in [2.75, 3.05) is 31.1 Å². The molecule has 1 aliphatic rings. The number of thiazole rings is 1. The van der Waals surface area contributed by atoms with Crippen molar-refractivity contribution < 1.29 is 27.8 Å². The van der Waals surface area contributed by atoms with Gasteiger partial charge in [-0.05, 0) is 36.7 Å². The van der Waals surface area contributed by atoms with Crippen molar-refractivity contribution in [3.8, 4) is 0 Å². The maximum Gasteiger partial charge on any atom is 0.443 e. The zero-order chi connectivity index (χ0) is 19.0. The Morgan fingerprint density at radius 2 is 2.04 bits per heavy atom. The van der Waals surface area contributed by atoms with Crippen LogP contribution < -0.4 is 4.90 Å². The second-order valence-electron chi connectivity index (χ2n) is 6.57. The third-order valence-electron chi connectivity index (χ3n) is 3.42. The summed E-state index contributed by atoms with van der Waals surface area (Å²) in [6, 6.07) is -0.577. The smallest absolute Gasteiger partial charge is 0.443 e. The second kappa shape index (κ2) is 7.28. The SMILES string of the molecule is CC(C)(C)OC(=O)N1CCN(c2sc(C(F)(F)F)nc2Br)C[C@H]1CO. The van der Waals surface area contributed by atoms with Crippen molar-refractivity contribution in [2.45, 2.75) is 38.6 Å². The molecule has 1 atom stereocenters. The van der Waals surface area contributed by atoms with Gasteiger partial charge < -0.3 is 14.7 Å². The van der Waals surface area contributed by atoms with E-state index < -0.39 is 28.9 Å². The molecule has 2 heterocycles. The lowest BCUT2D eigenvalue weighted by atomic mass is 10.2. The number of rotatable bonds is 2. The number of amides is 1. The number of aromatic nitrogens is 1. The third-order valence-corrected chi connectivity index (χ3v) is 5.40. The Kier molecular flexibility index (Phi) is 5.89. The molecule has 11 heteroatoms. The van der Waals surface area contributed by atoms with Gasteiger partial charge >= 0.3 is 12.3 Å². The zero-order valence-corrected chi connectivity index (χ0v) is 16.3. The van der Waals surface area contributed by atoms with Gasteiger partial charge in [0.25, 0.3) is 0 Å². The van der Waals surface area contributed by atoms with Crippen molar-refractivity contribution >= 4 is 38.4 Å². The van der Waals surface area contributed by atoms with E-state index in [1.54, 1.807) is 25.7 Å². The first-order chi connectivity index (χ1) is 11.4. The Morgan fingerprint density at radius 3 is 2.52 bits per heavy atom. The molecule has 0 aromatic carbocycles. The number of carbonyl (C=O) groups excluding carboxylic acids is 1. The van der Waals surface area contributed by atoms with Gasteiger partial charge in [0.1, 0.15) is 15.2 Å². The number of nitrogens with zero attached hydrogens (tertiary/aromatic N) is 3. The molecular formula is C14H19BrF3N3O3S. The van der Waals surface area contributed by atoms with Crippen LogP contribution in [-0.2, 0) is 10.9 Å².